The molecule has 7 nitrogen and oxygen atoms in total. The molecule has 0 unspecified atom stereocenters. The number of imidazole rings is 1. The number of hydrogen-bond donors (Lipinski definition) is 0. The summed E-state index contributed by atoms with van der Waals surface area (Å²) < 4.78 is 8.99. The molecule has 0 saturated heterocycles. The number of pyridine rings is 1. The third-order valence-corrected chi connectivity index (χ3v) is 3.23. The molecular weight excluding hydrogens is 268 g/mol. The summed E-state index contributed by atoms with van der Waals surface area (Å²) >= 11 is 0. The summed E-state index contributed by atoms with van der Waals surface area (Å²) in [6, 6.07) is 5.57. The molecule has 3 aromatic heterocycles. The quantitative estimate of drug-likeness (QED) is 0.711. The van der Waals surface area contributed by atoms with E-state index in [1.165, 1.54) is 0 Å². The van der Waals surface area contributed by atoms with Gasteiger partial charge in [-0.25, -0.2) is 9.97 Å². The lowest BCUT2D eigenvalue weighted by molar-refractivity contribution is 0.398. The lowest BCUT2D eigenvalue weighted by atomic mass is 10.3. The first kappa shape index (κ1) is 13.3. The lowest BCUT2D eigenvalue weighted by Gasteiger charge is -2.04. The molecule has 0 N–H and O–H groups in total. The van der Waals surface area contributed by atoms with Crippen LogP contribution in [0.15, 0.2) is 36.8 Å². The molecule has 0 bridgehead atoms. The molecule has 0 aromatic carbocycles. The van der Waals surface area contributed by atoms with Crippen molar-refractivity contribution < 1.29 is 4.74 Å². The molecule has 7 heteroatoms. The minimum Gasteiger partial charge on any atom is -0.481 e. The third kappa shape index (κ3) is 2.91. The first-order chi connectivity index (χ1) is 10.3. The topological polar surface area (TPSA) is 70.7 Å². The summed E-state index contributed by atoms with van der Waals surface area (Å²) in [7, 11) is 1.59. The molecule has 108 valence electrons. The highest BCUT2D eigenvalue weighted by molar-refractivity contribution is 5.52. The number of ether oxygens (including phenoxy) is 1. The van der Waals surface area contributed by atoms with Gasteiger partial charge in [0.1, 0.15) is 11.5 Å². The van der Waals surface area contributed by atoms with Crippen molar-refractivity contribution in [3.05, 3.63) is 42.6 Å². The molecule has 0 radical (unpaired) electrons. The second-order valence-electron chi connectivity index (χ2n) is 4.60. The van der Waals surface area contributed by atoms with Crippen LogP contribution in [-0.4, -0.2) is 36.6 Å². The Morgan fingerprint density at radius 1 is 1.19 bits per heavy atom. The number of aromatic nitrogens is 6. The Morgan fingerprint density at radius 2 is 2.10 bits per heavy atom. The highest BCUT2D eigenvalue weighted by Gasteiger charge is 2.07. The number of methoxy groups -OCH3 is 1. The van der Waals surface area contributed by atoms with E-state index >= 15 is 0 Å². The monoisotopic (exact) mass is 284 g/mol. The van der Waals surface area contributed by atoms with Crippen molar-refractivity contribution in [2.24, 2.45) is 0 Å². The van der Waals surface area contributed by atoms with Crippen LogP contribution in [0, 0.1) is 6.92 Å². The maximum Gasteiger partial charge on any atom is 0.213 e. The molecule has 0 aliphatic rings. The van der Waals surface area contributed by atoms with Gasteiger partial charge in [0.05, 0.1) is 25.5 Å². The standard InChI is InChI=1S/C14H16N6O/c1-11-15-6-7-19(11)8-9-20-10-13(17-18-20)12-4-3-5-14(16-12)21-2/h3-7,10H,8-9H2,1-2H3. The molecule has 0 saturated carbocycles. The summed E-state index contributed by atoms with van der Waals surface area (Å²) in [5, 5.41) is 8.28. The van der Waals surface area contributed by atoms with Crippen LogP contribution in [0.2, 0.25) is 0 Å². The molecular formula is C14H16N6O. The van der Waals surface area contributed by atoms with Crippen LogP contribution in [-0.2, 0) is 13.1 Å². The van der Waals surface area contributed by atoms with Gasteiger partial charge in [-0.3, -0.25) is 4.68 Å². The minimum atomic E-state index is 0.566. The van der Waals surface area contributed by atoms with Crippen molar-refractivity contribution in [2.75, 3.05) is 7.11 Å². The van der Waals surface area contributed by atoms with Crippen molar-refractivity contribution in [3.8, 4) is 17.3 Å². The Kier molecular flexibility index (Phi) is 3.63. The van der Waals surface area contributed by atoms with Crippen molar-refractivity contribution in [1.82, 2.24) is 29.5 Å². The van der Waals surface area contributed by atoms with Crippen LogP contribution < -0.4 is 4.74 Å². The predicted molar refractivity (Wildman–Crippen MR) is 76.8 cm³/mol. The Hall–Kier alpha value is -2.70. The van der Waals surface area contributed by atoms with E-state index in [9.17, 15) is 0 Å². The third-order valence-electron chi connectivity index (χ3n) is 3.23. The van der Waals surface area contributed by atoms with E-state index in [0.717, 1.165) is 30.3 Å². The van der Waals surface area contributed by atoms with Crippen molar-refractivity contribution in [1.29, 1.82) is 0 Å². The number of hydrogen-bond acceptors (Lipinski definition) is 5. The van der Waals surface area contributed by atoms with Gasteiger partial charge in [-0.05, 0) is 13.0 Å². The molecule has 0 aliphatic heterocycles. The summed E-state index contributed by atoms with van der Waals surface area (Å²) in [4.78, 5) is 8.54. The van der Waals surface area contributed by atoms with Gasteiger partial charge in [0, 0.05) is 25.0 Å². The molecule has 0 fully saturated rings. The second-order valence-corrected chi connectivity index (χ2v) is 4.60. The first-order valence-corrected chi connectivity index (χ1v) is 6.65. The number of aryl methyl sites for hydroxylation is 3. The van der Waals surface area contributed by atoms with E-state index in [1.807, 2.05) is 31.5 Å². The molecule has 3 rings (SSSR count). The van der Waals surface area contributed by atoms with Gasteiger partial charge in [-0.2, -0.15) is 0 Å². The molecule has 21 heavy (non-hydrogen) atoms. The van der Waals surface area contributed by atoms with Gasteiger partial charge >= 0.3 is 0 Å². The fourth-order valence-electron chi connectivity index (χ4n) is 2.05. The Morgan fingerprint density at radius 3 is 2.86 bits per heavy atom. The van der Waals surface area contributed by atoms with Crippen LogP contribution in [0.25, 0.3) is 11.4 Å². The van der Waals surface area contributed by atoms with Crippen LogP contribution in [0.3, 0.4) is 0 Å². The smallest absolute Gasteiger partial charge is 0.213 e. The summed E-state index contributed by atoms with van der Waals surface area (Å²) in [5.74, 6) is 1.56. The van der Waals surface area contributed by atoms with Crippen LogP contribution in [0.5, 0.6) is 5.88 Å². The Balaban J connectivity index is 1.72. The van der Waals surface area contributed by atoms with Gasteiger partial charge in [-0.15, -0.1) is 5.10 Å². The number of rotatable bonds is 5. The summed E-state index contributed by atoms with van der Waals surface area (Å²) in [6.07, 6.45) is 5.63. The van der Waals surface area contributed by atoms with Gasteiger partial charge in [0.2, 0.25) is 5.88 Å². The predicted octanol–water partition coefficient (Wildman–Crippen LogP) is 1.55. The fourth-order valence-corrected chi connectivity index (χ4v) is 2.05. The largest absolute Gasteiger partial charge is 0.481 e. The van der Waals surface area contributed by atoms with Gasteiger partial charge < -0.3 is 9.30 Å². The lowest BCUT2D eigenvalue weighted by Crippen LogP contribution is -2.08. The summed E-state index contributed by atoms with van der Waals surface area (Å²) in [5.41, 5.74) is 1.48. The van der Waals surface area contributed by atoms with E-state index in [-0.39, 0.29) is 0 Å². The Labute approximate surface area is 122 Å². The second kappa shape index (κ2) is 5.74. The van der Waals surface area contributed by atoms with Crippen molar-refractivity contribution in [2.45, 2.75) is 20.0 Å². The Bertz CT molecular complexity index is 732. The zero-order chi connectivity index (χ0) is 14.7. The zero-order valence-electron chi connectivity index (χ0n) is 12.0. The average molecular weight is 284 g/mol. The van der Waals surface area contributed by atoms with Crippen molar-refractivity contribution >= 4 is 0 Å². The highest BCUT2D eigenvalue weighted by atomic mass is 16.5. The van der Waals surface area contributed by atoms with E-state index in [1.54, 1.807) is 24.1 Å². The molecule has 0 amide bonds. The first-order valence-electron chi connectivity index (χ1n) is 6.65. The van der Waals surface area contributed by atoms with E-state index in [0.29, 0.717) is 5.88 Å². The van der Waals surface area contributed by atoms with Crippen LogP contribution in [0.1, 0.15) is 5.82 Å². The molecule has 0 atom stereocenters. The molecule has 0 spiro atoms. The number of nitrogens with zero attached hydrogens (tertiary/aromatic N) is 6. The van der Waals surface area contributed by atoms with Gasteiger partial charge in [0.15, 0.2) is 0 Å². The maximum absolute atomic E-state index is 5.12. The average Bonchev–Trinajstić information content (AvgIpc) is 3.14. The van der Waals surface area contributed by atoms with Crippen LogP contribution >= 0.6 is 0 Å². The maximum atomic E-state index is 5.12. The molecule has 0 aliphatic carbocycles. The van der Waals surface area contributed by atoms with Crippen molar-refractivity contribution in [3.63, 3.8) is 0 Å². The highest BCUT2D eigenvalue weighted by Crippen LogP contribution is 2.16. The van der Waals surface area contributed by atoms with Gasteiger partial charge in [0.25, 0.3) is 0 Å². The normalized spacial score (nSPS) is 10.8. The zero-order valence-corrected chi connectivity index (χ0v) is 12.0. The van der Waals surface area contributed by atoms with E-state index in [2.05, 4.69) is 24.8 Å². The fraction of sp³-hybridized carbons (Fsp3) is 0.286. The minimum absolute atomic E-state index is 0.566. The van der Waals surface area contributed by atoms with Crippen LogP contribution in [0.4, 0.5) is 0 Å². The molecule has 3 aromatic rings. The van der Waals surface area contributed by atoms with Gasteiger partial charge in [-0.1, -0.05) is 11.3 Å². The summed E-state index contributed by atoms with van der Waals surface area (Å²) in [6.45, 7) is 3.52. The van der Waals surface area contributed by atoms with E-state index < -0.39 is 0 Å². The molecule has 3 heterocycles. The van der Waals surface area contributed by atoms with E-state index in [4.69, 9.17) is 4.74 Å². The SMILES string of the molecule is COc1cccc(-c2cn(CCn3ccnc3C)nn2)n1.